The van der Waals surface area contributed by atoms with Crippen LogP contribution in [-0.2, 0) is 0 Å². The fraction of sp³-hybridized carbons (Fsp3) is 1.00. The highest BCUT2D eigenvalue weighted by Crippen LogP contribution is 2.25. The highest BCUT2D eigenvalue weighted by molar-refractivity contribution is 7.98. The van der Waals surface area contributed by atoms with E-state index >= 15 is 0 Å². The second-order valence-electron chi connectivity index (χ2n) is 4.04. The standard InChI is InChI=1S/C11H23NS/c1-13-10-9-12-8-7-11-5-3-2-4-6-11/h11-12H,2-10H2,1H3. The van der Waals surface area contributed by atoms with Crippen LogP contribution in [0.2, 0.25) is 0 Å². The molecule has 13 heavy (non-hydrogen) atoms. The van der Waals surface area contributed by atoms with Gasteiger partial charge in [-0.2, -0.15) is 11.8 Å². The number of nitrogens with one attached hydrogen (secondary N) is 1. The fourth-order valence-electron chi connectivity index (χ4n) is 2.08. The maximum absolute atomic E-state index is 3.51. The molecule has 1 nitrogen and oxygen atoms in total. The molecule has 1 N–H and O–H groups in total. The van der Waals surface area contributed by atoms with Gasteiger partial charge in [-0.15, -0.1) is 0 Å². The van der Waals surface area contributed by atoms with E-state index in [0.717, 1.165) is 5.92 Å². The minimum atomic E-state index is 1.04. The first-order chi connectivity index (χ1) is 6.43. The van der Waals surface area contributed by atoms with Crippen LogP contribution >= 0.6 is 11.8 Å². The molecule has 0 unspecified atom stereocenters. The molecule has 78 valence electrons. The first-order valence-corrected chi connectivity index (χ1v) is 7.02. The van der Waals surface area contributed by atoms with Crippen LogP contribution in [0.15, 0.2) is 0 Å². The summed E-state index contributed by atoms with van der Waals surface area (Å²) in [5.74, 6) is 2.29. The molecule has 1 saturated carbocycles. The van der Waals surface area contributed by atoms with Gasteiger partial charge in [0, 0.05) is 12.3 Å². The minimum absolute atomic E-state index is 1.04. The SMILES string of the molecule is CSCCNCCC1CCCCC1. The topological polar surface area (TPSA) is 12.0 Å². The molecule has 0 aromatic carbocycles. The van der Waals surface area contributed by atoms with Crippen molar-refractivity contribution in [3.05, 3.63) is 0 Å². The monoisotopic (exact) mass is 201 g/mol. The lowest BCUT2D eigenvalue weighted by atomic mass is 9.87. The molecule has 2 heteroatoms. The van der Waals surface area contributed by atoms with E-state index in [1.54, 1.807) is 0 Å². The molecule has 0 amide bonds. The lowest BCUT2D eigenvalue weighted by Crippen LogP contribution is -2.21. The third kappa shape index (κ3) is 5.58. The van der Waals surface area contributed by atoms with Gasteiger partial charge in [0.15, 0.2) is 0 Å². The van der Waals surface area contributed by atoms with Gasteiger partial charge < -0.3 is 5.32 Å². The molecule has 1 aliphatic carbocycles. The Morgan fingerprint density at radius 3 is 2.62 bits per heavy atom. The van der Waals surface area contributed by atoms with E-state index in [4.69, 9.17) is 0 Å². The van der Waals surface area contributed by atoms with Crippen LogP contribution in [0.3, 0.4) is 0 Å². The molecular weight excluding hydrogens is 178 g/mol. The lowest BCUT2D eigenvalue weighted by molar-refractivity contribution is 0.335. The van der Waals surface area contributed by atoms with Gasteiger partial charge >= 0.3 is 0 Å². The molecule has 0 atom stereocenters. The van der Waals surface area contributed by atoms with E-state index in [2.05, 4.69) is 11.6 Å². The second-order valence-corrected chi connectivity index (χ2v) is 5.02. The Kier molecular flexibility index (Phi) is 6.73. The van der Waals surface area contributed by atoms with Gasteiger partial charge in [-0.25, -0.2) is 0 Å². The highest BCUT2D eigenvalue weighted by atomic mass is 32.2. The maximum Gasteiger partial charge on any atom is 0.00553 e. The Bertz CT molecular complexity index is 111. The quantitative estimate of drug-likeness (QED) is 0.663. The molecule has 1 rings (SSSR count). The van der Waals surface area contributed by atoms with Gasteiger partial charge in [0.2, 0.25) is 0 Å². The Morgan fingerprint density at radius 2 is 1.92 bits per heavy atom. The molecule has 0 bridgehead atoms. The van der Waals surface area contributed by atoms with Crippen LogP contribution in [0.25, 0.3) is 0 Å². The number of rotatable bonds is 6. The zero-order valence-electron chi connectivity index (χ0n) is 8.85. The van der Waals surface area contributed by atoms with Crippen molar-refractivity contribution in [1.82, 2.24) is 5.32 Å². The summed E-state index contributed by atoms with van der Waals surface area (Å²) in [5, 5.41) is 3.51. The van der Waals surface area contributed by atoms with Gasteiger partial charge in [-0.05, 0) is 25.1 Å². The van der Waals surface area contributed by atoms with Crippen molar-refractivity contribution in [2.75, 3.05) is 25.1 Å². The zero-order chi connectivity index (χ0) is 9.36. The highest BCUT2D eigenvalue weighted by Gasteiger charge is 2.11. The van der Waals surface area contributed by atoms with Gasteiger partial charge in [0.05, 0.1) is 0 Å². The average Bonchev–Trinajstić information content (AvgIpc) is 2.19. The predicted octanol–water partition coefficient (Wildman–Crippen LogP) is 2.91. The molecule has 1 fully saturated rings. The van der Waals surface area contributed by atoms with Crippen molar-refractivity contribution in [2.24, 2.45) is 5.92 Å². The summed E-state index contributed by atoms with van der Waals surface area (Å²) < 4.78 is 0. The summed E-state index contributed by atoms with van der Waals surface area (Å²) in [7, 11) is 0. The van der Waals surface area contributed by atoms with Crippen molar-refractivity contribution < 1.29 is 0 Å². The number of thioether (sulfide) groups is 1. The van der Waals surface area contributed by atoms with Crippen LogP contribution in [-0.4, -0.2) is 25.1 Å². The van der Waals surface area contributed by atoms with Crippen molar-refractivity contribution in [3.8, 4) is 0 Å². The van der Waals surface area contributed by atoms with Gasteiger partial charge in [0.25, 0.3) is 0 Å². The van der Waals surface area contributed by atoms with Crippen LogP contribution in [0.1, 0.15) is 38.5 Å². The van der Waals surface area contributed by atoms with E-state index in [0.29, 0.717) is 0 Å². The van der Waals surface area contributed by atoms with E-state index in [9.17, 15) is 0 Å². The Morgan fingerprint density at radius 1 is 1.15 bits per heavy atom. The second kappa shape index (κ2) is 7.69. The van der Waals surface area contributed by atoms with E-state index in [1.807, 2.05) is 11.8 Å². The molecule has 0 heterocycles. The summed E-state index contributed by atoms with van der Waals surface area (Å²) in [5.41, 5.74) is 0. The third-order valence-electron chi connectivity index (χ3n) is 2.94. The van der Waals surface area contributed by atoms with E-state index < -0.39 is 0 Å². The zero-order valence-corrected chi connectivity index (χ0v) is 9.67. The lowest BCUT2D eigenvalue weighted by Gasteiger charge is -2.21. The van der Waals surface area contributed by atoms with Crippen LogP contribution in [0.5, 0.6) is 0 Å². The van der Waals surface area contributed by atoms with Crippen molar-refractivity contribution in [3.63, 3.8) is 0 Å². The van der Waals surface area contributed by atoms with E-state index in [-0.39, 0.29) is 0 Å². The summed E-state index contributed by atoms with van der Waals surface area (Å²) in [6.45, 7) is 2.43. The molecule has 0 spiro atoms. The average molecular weight is 201 g/mol. The molecule has 0 aliphatic heterocycles. The molecular formula is C11H23NS. The normalized spacial score (nSPS) is 19.2. The maximum atomic E-state index is 3.51. The summed E-state index contributed by atoms with van der Waals surface area (Å²) in [6, 6.07) is 0. The first kappa shape index (κ1) is 11.4. The van der Waals surface area contributed by atoms with Crippen molar-refractivity contribution >= 4 is 11.8 Å². The van der Waals surface area contributed by atoms with Crippen LogP contribution < -0.4 is 5.32 Å². The van der Waals surface area contributed by atoms with E-state index in [1.165, 1.54) is 57.4 Å². The minimum Gasteiger partial charge on any atom is -0.316 e. The van der Waals surface area contributed by atoms with Gasteiger partial charge in [-0.1, -0.05) is 32.1 Å². The van der Waals surface area contributed by atoms with Crippen molar-refractivity contribution in [1.29, 1.82) is 0 Å². The Labute approximate surface area is 87.1 Å². The molecule has 0 aromatic rings. The third-order valence-corrected chi connectivity index (χ3v) is 3.55. The molecule has 0 radical (unpaired) electrons. The van der Waals surface area contributed by atoms with Crippen LogP contribution in [0.4, 0.5) is 0 Å². The fourth-order valence-corrected chi connectivity index (χ4v) is 2.43. The Hall–Kier alpha value is 0.310. The summed E-state index contributed by atoms with van der Waals surface area (Å²) in [6.07, 6.45) is 11.0. The number of hydrogen-bond donors (Lipinski definition) is 1. The summed E-state index contributed by atoms with van der Waals surface area (Å²) in [4.78, 5) is 0. The largest absolute Gasteiger partial charge is 0.316 e. The van der Waals surface area contributed by atoms with Crippen molar-refractivity contribution in [2.45, 2.75) is 38.5 Å². The van der Waals surface area contributed by atoms with Gasteiger partial charge in [0.1, 0.15) is 0 Å². The van der Waals surface area contributed by atoms with Gasteiger partial charge in [-0.3, -0.25) is 0 Å². The van der Waals surface area contributed by atoms with Crippen LogP contribution in [0, 0.1) is 5.92 Å². The summed E-state index contributed by atoms with van der Waals surface area (Å²) >= 11 is 1.93. The first-order valence-electron chi connectivity index (χ1n) is 5.63. The molecule has 0 saturated heterocycles. The smallest absolute Gasteiger partial charge is 0.00553 e. The Balaban J connectivity index is 1.86. The predicted molar refractivity (Wildman–Crippen MR) is 62.4 cm³/mol. The number of hydrogen-bond acceptors (Lipinski definition) is 2. The molecule has 1 aliphatic rings. The molecule has 0 aromatic heterocycles.